The van der Waals surface area contributed by atoms with Crippen LogP contribution in [0, 0.1) is 0 Å². The van der Waals surface area contributed by atoms with E-state index < -0.39 is 5.91 Å². The van der Waals surface area contributed by atoms with Crippen LogP contribution in [0.15, 0.2) is 18.6 Å². The molecule has 0 radical (unpaired) electrons. The number of carbonyl (C=O) groups is 2. The van der Waals surface area contributed by atoms with Gasteiger partial charge in [0.1, 0.15) is 5.82 Å². The molecule has 11 nitrogen and oxygen atoms in total. The van der Waals surface area contributed by atoms with Gasteiger partial charge in [-0.1, -0.05) is 0 Å². The van der Waals surface area contributed by atoms with Crippen molar-refractivity contribution >= 4 is 29.3 Å². The predicted molar refractivity (Wildman–Crippen MR) is 109 cm³/mol. The molecule has 11 heteroatoms. The fourth-order valence-electron chi connectivity index (χ4n) is 3.36. The Kier molecular flexibility index (Phi) is 5.85. The van der Waals surface area contributed by atoms with Gasteiger partial charge in [0.2, 0.25) is 0 Å². The number of hydrogen-bond donors (Lipinski definition) is 3. The average molecular weight is 401 g/mol. The fraction of sp³-hybridized carbons (Fsp3) is 0.500. The van der Waals surface area contributed by atoms with Gasteiger partial charge in [0, 0.05) is 39.9 Å². The number of aromatic nitrogens is 4. The highest BCUT2D eigenvalue weighted by Crippen LogP contribution is 2.26. The molecule has 2 aromatic heterocycles. The van der Waals surface area contributed by atoms with Gasteiger partial charge in [-0.15, -0.1) is 0 Å². The first-order valence-electron chi connectivity index (χ1n) is 9.43. The third kappa shape index (κ3) is 4.55. The maximum atomic E-state index is 12.1. The summed E-state index contributed by atoms with van der Waals surface area (Å²) in [5, 5.41) is 10.2. The molecule has 1 aliphatic rings. The Hall–Kier alpha value is -3.37. The van der Waals surface area contributed by atoms with Crippen molar-refractivity contribution < 1.29 is 9.59 Å². The van der Waals surface area contributed by atoms with E-state index in [2.05, 4.69) is 30.6 Å². The number of rotatable bonds is 5. The molecular formula is C18H27N9O2. The zero-order valence-electron chi connectivity index (χ0n) is 17.1. The van der Waals surface area contributed by atoms with E-state index in [0.29, 0.717) is 11.5 Å². The van der Waals surface area contributed by atoms with Crippen molar-refractivity contribution in [1.82, 2.24) is 30.0 Å². The Balaban J connectivity index is 1.86. The molecule has 0 bridgehead atoms. The first-order chi connectivity index (χ1) is 13.8. The number of carbonyl (C=O) groups excluding carboxylic acids is 2. The van der Waals surface area contributed by atoms with E-state index in [1.165, 1.54) is 4.90 Å². The van der Waals surface area contributed by atoms with Crippen LogP contribution in [0.5, 0.6) is 0 Å². The van der Waals surface area contributed by atoms with E-state index in [1.54, 1.807) is 44.4 Å². The second kappa shape index (κ2) is 8.33. The Bertz CT molecular complexity index is 895. The number of hydrogen-bond acceptors (Lipinski definition) is 7. The molecule has 29 heavy (non-hydrogen) atoms. The second-order valence-electron chi connectivity index (χ2n) is 7.34. The lowest BCUT2D eigenvalue weighted by atomic mass is 9.97. The smallest absolute Gasteiger partial charge is 0.317 e. The van der Waals surface area contributed by atoms with Crippen molar-refractivity contribution in [2.45, 2.75) is 31.8 Å². The summed E-state index contributed by atoms with van der Waals surface area (Å²) < 4.78 is 1.63. The number of nitrogens with zero attached hydrogens (tertiary/aromatic N) is 6. The first-order valence-corrected chi connectivity index (χ1v) is 9.43. The van der Waals surface area contributed by atoms with Gasteiger partial charge in [-0.25, -0.2) is 14.8 Å². The molecule has 0 unspecified atom stereocenters. The highest BCUT2D eigenvalue weighted by molar-refractivity contribution is 5.96. The quantitative estimate of drug-likeness (QED) is 0.671. The maximum absolute atomic E-state index is 12.1. The van der Waals surface area contributed by atoms with E-state index in [1.807, 2.05) is 6.92 Å². The molecule has 0 saturated carbocycles. The van der Waals surface area contributed by atoms with Crippen molar-refractivity contribution in [3.05, 3.63) is 24.3 Å². The van der Waals surface area contributed by atoms with Gasteiger partial charge >= 0.3 is 6.03 Å². The summed E-state index contributed by atoms with van der Waals surface area (Å²) in [5.74, 6) is 0.214. The van der Waals surface area contributed by atoms with E-state index >= 15 is 0 Å². The van der Waals surface area contributed by atoms with Gasteiger partial charge < -0.3 is 26.2 Å². The lowest BCUT2D eigenvalue weighted by molar-refractivity contribution is 0.0996. The molecule has 3 heterocycles. The van der Waals surface area contributed by atoms with Crippen LogP contribution in [-0.2, 0) is 7.05 Å². The van der Waals surface area contributed by atoms with Crippen molar-refractivity contribution in [2.75, 3.05) is 30.9 Å². The van der Waals surface area contributed by atoms with Crippen LogP contribution in [0.2, 0.25) is 0 Å². The average Bonchev–Trinajstić information content (AvgIpc) is 3.07. The third-order valence-corrected chi connectivity index (χ3v) is 4.96. The van der Waals surface area contributed by atoms with Gasteiger partial charge in [-0.3, -0.25) is 9.48 Å². The van der Waals surface area contributed by atoms with Crippen LogP contribution < -0.4 is 21.3 Å². The first kappa shape index (κ1) is 20.4. The molecule has 0 spiro atoms. The number of anilines is 3. The van der Waals surface area contributed by atoms with Gasteiger partial charge in [0.25, 0.3) is 5.91 Å². The lowest BCUT2D eigenvalue weighted by Gasteiger charge is -2.40. The summed E-state index contributed by atoms with van der Waals surface area (Å²) in [4.78, 5) is 36.3. The topological polar surface area (TPSA) is 134 Å². The minimum atomic E-state index is -0.668. The summed E-state index contributed by atoms with van der Waals surface area (Å²) in [6, 6.07) is -0.142. The van der Waals surface area contributed by atoms with Crippen LogP contribution in [0.3, 0.4) is 0 Å². The summed E-state index contributed by atoms with van der Waals surface area (Å²) >= 11 is 0. The van der Waals surface area contributed by atoms with Crippen LogP contribution >= 0.6 is 0 Å². The predicted octanol–water partition coefficient (Wildman–Crippen LogP) is 0.681. The molecule has 0 aliphatic carbocycles. The molecule has 3 amide bonds. The SMILES string of the molecule is C[C@@H]1[C@H](NC(=O)N(C)C)CCCN1c1cnc(C(N)=O)c(Nc2cnn(C)c2)n1. The number of urea groups is 1. The molecule has 1 aliphatic heterocycles. The summed E-state index contributed by atoms with van der Waals surface area (Å²) in [7, 11) is 5.22. The fourth-order valence-corrected chi connectivity index (χ4v) is 3.36. The molecule has 2 aromatic rings. The molecule has 1 fully saturated rings. The Morgan fingerprint density at radius 2 is 2.07 bits per heavy atom. The van der Waals surface area contributed by atoms with Crippen LogP contribution in [0.25, 0.3) is 0 Å². The van der Waals surface area contributed by atoms with E-state index in [-0.39, 0.29) is 29.6 Å². The number of aryl methyl sites for hydroxylation is 1. The normalized spacial score (nSPS) is 19.0. The zero-order chi connectivity index (χ0) is 21.1. The summed E-state index contributed by atoms with van der Waals surface area (Å²) in [6.45, 7) is 2.81. The number of nitrogens with one attached hydrogen (secondary N) is 2. The number of nitrogens with two attached hydrogens (primary N) is 1. The summed E-state index contributed by atoms with van der Waals surface area (Å²) in [5.41, 5.74) is 6.19. The number of amides is 3. The number of piperidine rings is 1. The van der Waals surface area contributed by atoms with Gasteiger partial charge in [0.05, 0.1) is 24.1 Å². The molecule has 1 saturated heterocycles. The molecule has 2 atom stereocenters. The molecule has 156 valence electrons. The third-order valence-electron chi connectivity index (χ3n) is 4.96. The number of primary amides is 1. The highest BCUT2D eigenvalue weighted by atomic mass is 16.2. The largest absolute Gasteiger partial charge is 0.364 e. The molecule has 0 aromatic carbocycles. The molecule has 4 N–H and O–H groups in total. The van der Waals surface area contributed by atoms with Gasteiger partial charge in [0.15, 0.2) is 11.5 Å². The lowest BCUT2D eigenvalue weighted by Crippen LogP contribution is -2.56. The molecular weight excluding hydrogens is 374 g/mol. The second-order valence-corrected chi connectivity index (χ2v) is 7.34. The standard InChI is InChI=1S/C18H27N9O2/c1-11-13(23-18(29)25(2)3)6-5-7-27(11)14-9-20-15(16(19)28)17(24-14)22-12-8-21-26(4)10-12/h8-11,13H,5-7H2,1-4H3,(H2,19,28)(H,22,24)(H,23,29)/t11-,13-/m1/s1. The van der Waals surface area contributed by atoms with Crippen molar-refractivity contribution in [2.24, 2.45) is 12.8 Å². The van der Waals surface area contributed by atoms with E-state index in [0.717, 1.165) is 19.4 Å². The summed E-state index contributed by atoms with van der Waals surface area (Å²) in [6.07, 6.45) is 6.70. The van der Waals surface area contributed by atoms with Crippen molar-refractivity contribution in [3.63, 3.8) is 0 Å². The van der Waals surface area contributed by atoms with Crippen molar-refractivity contribution in [3.8, 4) is 0 Å². The van der Waals surface area contributed by atoms with Gasteiger partial charge in [-0.05, 0) is 19.8 Å². The Morgan fingerprint density at radius 3 is 2.69 bits per heavy atom. The Morgan fingerprint density at radius 1 is 1.31 bits per heavy atom. The van der Waals surface area contributed by atoms with Crippen LogP contribution in [-0.4, -0.2) is 69.3 Å². The van der Waals surface area contributed by atoms with Crippen molar-refractivity contribution in [1.29, 1.82) is 0 Å². The molecule has 3 rings (SSSR count). The minimum absolute atomic E-state index is 0.00706. The van der Waals surface area contributed by atoms with E-state index in [4.69, 9.17) is 5.73 Å². The van der Waals surface area contributed by atoms with Crippen LogP contribution in [0.4, 0.5) is 22.1 Å². The Labute approximate surface area is 169 Å². The van der Waals surface area contributed by atoms with Gasteiger partial charge in [-0.2, -0.15) is 5.10 Å². The maximum Gasteiger partial charge on any atom is 0.317 e. The van der Waals surface area contributed by atoms with E-state index in [9.17, 15) is 9.59 Å². The monoisotopic (exact) mass is 401 g/mol. The highest BCUT2D eigenvalue weighted by Gasteiger charge is 2.31. The minimum Gasteiger partial charge on any atom is -0.364 e. The van der Waals surface area contributed by atoms with Crippen LogP contribution in [0.1, 0.15) is 30.3 Å². The zero-order valence-corrected chi connectivity index (χ0v) is 17.1.